The van der Waals surface area contributed by atoms with Crippen molar-refractivity contribution < 1.29 is 4.39 Å². The molecule has 1 nitrogen and oxygen atoms in total. The third kappa shape index (κ3) is 2.17. The van der Waals surface area contributed by atoms with Gasteiger partial charge in [-0.25, -0.2) is 4.39 Å². The fraction of sp³-hybridized carbons (Fsp3) is 0.250. The standard InChI is InChI=1S/C8H9ClFN/c1-5(11)6-2-7(9)4-8(10)3-6/h2-5H,11H2,1H3/t5-/m0/s1. The Morgan fingerprint density at radius 1 is 1.45 bits per heavy atom. The van der Waals surface area contributed by atoms with Gasteiger partial charge in [-0.3, -0.25) is 0 Å². The van der Waals surface area contributed by atoms with Crippen LogP contribution in [-0.2, 0) is 0 Å². The molecule has 0 heterocycles. The van der Waals surface area contributed by atoms with Gasteiger partial charge in [0.1, 0.15) is 5.82 Å². The lowest BCUT2D eigenvalue weighted by atomic mass is 10.1. The second-order valence-corrected chi connectivity index (χ2v) is 2.93. The highest BCUT2D eigenvalue weighted by molar-refractivity contribution is 6.30. The lowest BCUT2D eigenvalue weighted by molar-refractivity contribution is 0.622. The minimum Gasteiger partial charge on any atom is -0.324 e. The second kappa shape index (κ2) is 3.20. The Hall–Kier alpha value is -0.600. The molecule has 0 aromatic heterocycles. The molecule has 1 atom stereocenters. The maximum Gasteiger partial charge on any atom is 0.125 e. The predicted molar refractivity (Wildman–Crippen MR) is 44.0 cm³/mol. The maximum atomic E-state index is 12.6. The van der Waals surface area contributed by atoms with Crippen LogP contribution in [0.2, 0.25) is 5.02 Å². The van der Waals surface area contributed by atoms with E-state index < -0.39 is 0 Å². The first-order valence-corrected chi connectivity index (χ1v) is 3.69. The summed E-state index contributed by atoms with van der Waals surface area (Å²) in [5.74, 6) is -0.343. The average Bonchev–Trinajstić information content (AvgIpc) is 1.85. The number of halogens is 2. The van der Waals surface area contributed by atoms with Crippen LogP contribution in [-0.4, -0.2) is 0 Å². The molecular weight excluding hydrogens is 165 g/mol. The van der Waals surface area contributed by atoms with E-state index in [4.69, 9.17) is 17.3 Å². The maximum absolute atomic E-state index is 12.6. The Kier molecular flexibility index (Phi) is 2.47. The van der Waals surface area contributed by atoms with Gasteiger partial charge < -0.3 is 5.73 Å². The highest BCUT2D eigenvalue weighted by atomic mass is 35.5. The SMILES string of the molecule is C[C@H](N)c1cc(F)cc(Cl)c1. The van der Waals surface area contributed by atoms with E-state index in [0.717, 1.165) is 5.56 Å². The Bertz CT molecular complexity index is 240. The fourth-order valence-corrected chi connectivity index (χ4v) is 1.07. The smallest absolute Gasteiger partial charge is 0.125 e. The zero-order valence-corrected chi connectivity index (χ0v) is 6.90. The number of hydrogen-bond acceptors (Lipinski definition) is 1. The molecule has 0 unspecified atom stereocenters. The molecule has 11 heavy (non-hydrogen) atoms. The molecule has 0 amide bonds. The van der Waals surface area contributed by atoms with Crippen LogP contribution in [0.1, 0.15) is 18.5 Å². The topological polar surface area (TPSA) is 26.0 Å². The van der Waals surface area contributed by atoms with Gasteiger partial charge in [0.2, 0.25) is 0 Å². The largest absolute Gasteiger partial charge is 0.324 e. The Balaban J connectivity index is 3.08. The van der Waals surface area contributed by atoms with Crippen molar-refractivity contribution in [1.29, 1.82) is 0 Å². The monoisotopic (exact) mass is 173 g/mol. The summed E-state index contributed by atoms with van der Waals surface area (Å²) in [6.45, 7) is 1.78. The van der Waals surface area contributed by atoms with Crippen LogP contribution in [0.5, 0.6) is 0 Å². The minimum atomic E-state index is -0.343. The predicted octanol–water partition coefficient (Wildman–Crippen LogP) is 2.50. The van der Waals surface area contributed by atoms with Gasteiger partial charge in [0.25, 0.3) is 0 Å². The molecule has 2 N–H and O–H groups in total. The lowest BCUT2D eigenvalue weighted by Crippen LogP contribution is -2.04. The van der Waals surface area contributed by atoms with Crippen LogP contribution in [0.3, 0.4) is 0 Å². The van der Waals surface area contributed by atoms with Gasteiger partial charge in [0, 0.05) is 11.1 Å². The van der Waals surface area contributed by atoms with E-state index in [9.17, 15) is 4.39 Å². The summed E-state index contributed by atoms with van der Waals surface area (Å²) < 4.78 is 12.6. The molecule has 1 rings (SSSR count). The molecule has 0 aliphatic heterocycles. The van der Waals surface area contributed by atoms with Gasteiger partial charge in [0.15, 0.2) is 0 Å². The van der Waals surface area contributed by atoms with E-state index in [2.05, 4.69) is 0 Å². The summed E-state index contributed by atoms with van der Waals surface area (Å²) in [6.07, 6.45) is 0. The van der Waals surface area contributed by atoms with Crippen molar-refractivity contribution in [1.82, 2.24) is 0 Å². The van der Waals surface area contributed by atoms with Crippen LogP contribution >= 0.6 is 11.6 Å². The normalized spacial score (nSPS) is 13.1. The van der Waals surface area contributed by atoms with Crippen LogP contribution < -0.4 is 5.73 Å². The molecule has 1 aromatic rings. The summed E-state index contributed by atoms with van der Waals surface area (Å²) in [6, 6.07) is 4.13. The average molecular weight is 174 g/mol. The zero-order chi connectivity index (χ0) is 8.43. The highest BCUT2D eigenvalue weighted by Crippen LogP contribution is 2.17. The van der Waals surface area contributed by atoms with Gasteiger partial charge in [-0.1, -0.05) is 11.6 Å². The van der Waals surface area contributed by atoms with Crippen molar-refractivity contribution in [3.8, 4) is 0 Å². The van der Waals surface area contributed by atoms with Crippen molar-refractivity contribution in [2.24, 2.45) is 5.73 Å². The van der Waals surface area contributed by atoms with E-state index in [1.165, 1.54) is 12.1 Å². The number of rotatable bonds is 1. The number of nitrogens with two attached hydrogens (primary N) is 1. The van der Waals surface area contributed by atoms with Crippen molar-refractivity contribution in [3.05, 3.63) is 34.6 Å². The minimum absolute atomic E-state index is 0.178. The van der Waals surface area contributed by atoms with Gasteiger partial charge in [-0.15, -0.1) is 0 Å². The third-order valence-electron chi connectivity index (χ3n) is 1.41. The third-order valence-corrected chi connectivity index (χ3v) is 1.63. The van der Waals surface area contributed by atoms with Crippen LogP contribution in [0, 0.1) is 5.82 Å². The molecule has 0 radical (unpaired) electrons. The summed E-state index contributed by atoms with van der Waals surface area (Å²) in [5.41, 5.74) is 6.24. The van der Waals surface area contributed by atoms with Crippen molar-refractivity contribution in [2.75, 3.05) is 0 Å². The number of hydrogen-bond donors (Lipinski definition) is 1. The Labute approximate surface area is 70.0 Å². The highest BCUT2D eigenvalue weighted by Gasteiger charge is 2.02. The van der Waals surface area contributed by atoms with Crippen LogP contribution in [0.4, 0.5) is 4.39 Å². The van der Waals surface area contributed by atoms with Gasteiger partial charge >= 0.3 is 0 Å². The molecule has 0 bridgehead atoms. The second-order valence-electron chi connectivity index (χ2n) is 2.49. The van der Waals surface area contributed by atoms with Crippen LogP contribution in [0.15, 0.2) is 18.2 Å². The van der Waals surface area contributed by atoms with E-state index >= 15 is 0 Å². The molecule has 0 spiro atoms. The summed E-state index contributed by atoms with van der Waals surface area (Å²) in [7, 11) is 0. The molecule has 1 aromatic carbocycles. The lowest BCUT2D eigenvalue weighted by Gasteiger charge is -2.05. The van der Waals surface area contributed by atoms with Gasteiger partial charge in [-0.05, 0) is 30.7 Å². The Morgan fingerprint density at radius 3 is 2.55 bits per heavy atom. The van der Waals surface area contributed by atoms with Crippen molar-refractivity contribution >= 4 is 11.6 Å². The van der Waals surface area contributed by atoms with Crippen LogP contribution in [0.25, 0.3) is 0 Å². The zero-order valence-electron chi connectivity index (χ0n) is 6.14. The molecule has 0 aliphatic rings. The first-order valence-electron chi connectivity index (χ1n) is 3.31. The van der Waals surface area contributed by atoms with Crippen molar-refractivity contribution in [2.45, 2.75) is 13.0 Å². The van der Waals surface area contributed by atoms with Crippen molar-refractivity contribution in [3.63, 3.8) is 0 Å². The first-order chi connectivity index (χ1) is 5.09. The van der Waals surface area contributed by atoms with Gasteiger partial charge in [-0.2, -0.15) is 0 Å². The summed E-state index contributed by atoms with van der Waals surface area (Å²) in [5, 5.41) is 0.386. The van der Waals surface area contributed by atoms with E-state index in [0.29, 0.717) is 5.02 Å². The molecule has 3 heteroatoms. The summed E-state index contributed by atoms with van der Waals surface area (Å²) in [4.78, 5) is 0. The quantitative estimate of drug-likeness (QED) is 0.694. The molecule has 0 aliphatic carbocycles. The van der Waals surface area contributed by atoms with Gasteiger partial charge in [0.05, 0.1) is 0 Å². The fourth-order valence-electron chi connectivity index (χ4n) is 0.838. The molecule has 60 valence electrons. The van der Waals surface area contributed by atoms with E-state index in [-0.39, 0.29) is 11.9 Å². The molecular formula is C8H9ClFN. The van der Waals surface area contributed by atoms with E-state index in [1.807, 2.05) is 0 Å². The molecule has 0 saturated carbocycles. The van der Waals surface area contributed by atoms with E-state index in [1.54, 1.807) is 13.0 Å². The molecule has 0 saturated heterocycles. The number of benzene rings is 1. The summed E-state index contributed by atoms with van der Waals surface area (Å²) >= 11 is 5.60. The molecule has 0 fully saturated rings. The Morgan fingerprint density at radius 2 is 2.09 bits per heavy atom. The first kappa shape index (κ1) is 8.50.